The van der Waals surface area contributed by atoms with E-state index < -0.39 is 36.9 Å². The number of carbonyl (C=O) groups is 1. The quantitative estimate of drug-likeness (QED) is 0.866. The van der Waals surface area contributed by atoms with E-state index in [0.29, 0.717) is 5.82 Å². The van der Waals surface area contributed by atoms with E-state index in [1.807, 2.05) is 24.3 Å². The number of aromatic nitrogens is 2. The molecule has 1 fully saturated rings. The molecule has 0 saturated carbocycles. The molecule has 2 heterocycles. The van der Waals surface area contributed by atoms with Gasteiger partial charge in [-0.25, -0.2) is 8.78 Å². The average Bonchev–Trinajstić information content (AvgIpc) is 3.21. The molecule has 6 nitrogen and oxygen atoms in total. The second-order valence-electron chi connectivity index (χ2n) is 6.23. The fraction of sp³-hybridized carbons (Fsp3) is 0.471. The van der Waals surface area contributed by atoms with Crippen molar-refractivity contribution in [2.24, 2.45) is 0 Å². The third-order valence-corrected chi connectivity index (χ3v) is 4.22. The number of carbonyl (C=O) groups excluding carboxylic acids is 1. The Labute approximate surface area is 144 Å². The molecule has 0 bridgehead atoms. The summed E-state index contributed by atoms with van der Waals surface area (Å²) in [5.41, 5.74) is 2.01. The van der Waals surface area contributed by atoms with E-state index in [1.54, 1.807) is 6.92 Å². The summed E-state index contributed by atoms with van der Waals surface area (Å²) in [6, 6.07) is 6.30. The molecule has 2 N–H and O–H groups in total. The third-order valence-electron chi connectivity index (χ3n) is 4.22. The molecule has 0 spiro atoms. The van der Waals surface area contributed by atoms with Crippen molar-refractivity contribution in [2.75, 3.05) is 6.54 Å². The van der Waals surface area contributed by atoms with Crippen molar-refractivity contribution in [3.63, 3.8) is 0 Å². The van der Waals surface area contributed by atoms with Gasteiger partial charge < -0.3 is 9.84 Å². The Kier molecular flexibility index (Phi) is 4.80. The van der Waals surface area contributed by atoms with Crippen molar-refractivity contribution in [1.82, 2.24) is 20.8 Å². The standard InChI is InChI=1S/C17H20F2N4O2/c1-3-11-4-6-12(7-5-11)14-22-16(25-23-14)10(2)21-15(24)13-8-17(18,19)9-20-13/h4-7,10,13,20H,3,8-9H2,1-2H3,(H,21,24). The fourth-order valence-corrected chi connectivity index (χ4v) is 2.69. The van der Waals surface area contributed by atoms with Crippen molar-refractivity contribution in [3.05, 3.63) is 35.7 Å². The SMILES string of the molecule is CCc1ccc(-c2noc(C(C)NC(=O)C3CC(F)(F)CN3)n2)cc1. The number of benzene rings is 1. The van der Waals surface area contributed by atoms with Crippen LogP contribution < -0.4 is 10.6 Å². The molecule has 134 valence electrons. The lowest BCUT2D eigenvalue weighted by molar-refractivity contribution is -0.124. The summed E-state index contributed by atoms with van der Waals surface area (Å²) in [6.45, 7) is 3.25. The zero-order valence-corrected chi connectivity index (χ0v) is 14.1. The predicted octanol–water partition coefficient (Wildman–Crippen LogP) is 2.47. The first kappa shape index (κ1) is 17.5. The second kappa shape index (κ2) is 6.87. The lowest BCUT2D eigenvalue weighted by atomic mass is 10.1. The minimum Gasteiger partial charge on any atom is -0.343 e. The van der Waals surface area contributed by atoms with Gasteiger partial charge in [0.1, 0.15) is 6.04 Å². The van der Waals surface area contributed by atoms with Crippen molar-refractivity contribution >= 4 is 5.91 Å². The van der Waals surface area contributed by atoms with Crippen LogP contribution in [0.4, 0.5) is 8.78 Å². The Hall–Kier alpha value is -2.35. The van der Waals surface area contributed by atoms with Crippen LogP contribution >= 0.6 is 0 Å². The minimum atomic E-state index is -2.85. The van der Waals surface area contributed by atoms with Gasteiger partial charge in [-0.05, 0) is 18.9 Å². The molecule has 3 rings (SSSR count). The summed E-state index contributed by atoms with van der Waals surface area (Å²) >= 11 is 0. The van der Waals surface area contributed by atoms with Gasteiger partial charge in [0, 0.05) is 12.0 Å². The van der Waals surface area contributed by atoms with Crippen LogP contribution in [-0.4, -0.2) is 34.6 Å². The van der Waals surface area contributed by atoms with Gasteiger partial charge in [0.05, 0.1) is 12.6 Å². The maximum absolute atomic E-state index is 13.2. The zero-order valence-electron chi connectivity index (χ0n) is 14.1. The molecule has 1 saturated heterocycles. The van der Waals surface area contributed by atoms with Crippen molar-refractivity contribution in [2.45, 2.75) is 44.7 Å². The van der Waals surface area contributed by atoms with Crippen molar-refractivity contribution < 1.29 is 18.1 Å². The van der Waals surface area contributed by atoms with Gasteiger partial charge in [-0.3, -0.25) is 10.1 Å². The number of alkyl halides is 2. The molecule has 2 unspecified atom stereocenters. The number of hydrogen-bond acceptors (Lipinski definition) is 5. The summed E-state index contributed by atoms with van der Waals surface area (Å²) in [4.78, 5) is 16.4. The van der Waals surface area contributed by atoms with Crippen LogP contribution in [0.15, 0.2) is 28.8 Å². The van der Waals surface area contributed by atoms with E-state index in [9.17, 15) is 13.6 Å². The first-order chi connectivity index (χ1) is 11.9. The first-order valence-corrected chi connectivity index (χ1v) is 8.22. The highest BCUT2D eigenvalue weighted by Crippen LogP contribution is 2.26. The molecular formula is C17H20F2N4O2. The van der Waals surface area contributed by atoms with Gasteiger partial charge in [-0.15, -0.1) is 0 Å². The normalized spacial score (nSPS) is 20.4. The Balaban J connectivity index is 1.64. The number of nitrogens with one attached hydrogen (secondary N) is 2. The average molecular weight is 350 g/mol. The number of aryl methyl sites for hydroxylation is 1. The molecule has 8 heteroatoms. The Bertz CT molecular complexity index is 745. The topological polar surface area (TPSA) is 80.0 Å². The second-order valence-corrected chi connectivity index (χ2v) is 6.23. The largest absolute Gasteiger partial charge is 0.343 e. The fourth-order valence-electron chi connectivity index (χ4n) is 2.69. The molecule has 2 atom stereocenters. The van der Waals surface area contributed by atoms with Gasteiger partial charge in [-0.1, -0.05) is 36.3 Å². The molecule has 1 aliphatic rings. The Morgan fingerprint density at radius 3 is 2.76 bits per heavy atom. The summed E-state index contributed by atoms with van der Waals surface area (Å²) in [6.07, 6.45) is 0.430. The maximum atomic E-state index is 13.2. The van der Waals surface area contributed by atoms with E-state index in [0.717, 1.165) is 12.0 Å². The van der Waals surface area contributed by atoms with Gasteiger partial charge in [-0.2, -0.15) is 4.98 Å². The molecule has 1 aromatic carbocycles. The van der Waals surface area contributed by atoms with Crippen LogP contribution in [0.5, 0.6) is 0 Å². The lowest BCUT2D eigenvalue weighted by Crippen LogP contribution is -2.41. The van der Waals surface area contributed by atoms with Gasteiger partial charge in [0.15, 0.2) is 0 Å². The van der Waals surface area contributed by atoms with Crippen LogP contribution in [0.3, 0.4) is 0 Å². The van der Waals surface area contributed by atoms with Gasteiger partial charge in [0.2, 0.25) is 17.6 Å². The molecule has 1 aromatic heterocycles. The highest BCUT2D eigenvalue weighted by Gasteiger charge is 2.42. The lowest BCUT2D eigenvalue weighted by Gasteiger charge is -2.14. The van der Waals surface area contributed by atoms with Crippen LogP contribution in [0.2, 0.25) is 0 Å². The summed E-state index contributed by atoms with van der Waals surface area (Å²) < 4.78 is 31.6. The molecule has 1 aliphatic heterocycles. The first-order valence-electron chi connectivity index (χ1n) is 8.22. The monoisotopic (exact) mass is 350 g/mol. The van der Waals surface area contributed by atoms with E-state index in [-0.39, 0.29) is 5.89 Å². The van der Waals surface area contributed by atoms with Crippen LogP contribution in [0, 0.1) is 0 Å². The highest BCUT2D eigenvalue weighted by molar-refractivity contribution is 5.82. The summed E-state index contributed by atoms with van der Waals surface area (Å²) in [5, 5.41) is 9.06. The van der Waals surface area contributed by atoms with Crippen LogP contribution in [0.25, 0.3) is 11.4 Å². The van der Waals surface area contributed by atoms with Crippen LogP contribution in [-0.2, 0) is 11.2 Å². The number of hydrogen-bond donors (Lipinski definition) is 2. The van der Waals surface area contributed by atoms with E-state index in [1.165, 1.54) is 5.56 Å². The molecular weight excluding hydrogens is 330 g/mol. The van der Waals surface area contributed by atoms with Gasteiger partial charge >= 0.3 is 0 Å². The summed E-state index contributed by atoms with van der Waals surface area (Å²) in [7, 11) is 0. The van der Waals surface area contributed by atoms with E-state index in [4.69, 9.17) is 4.52 Å². The van der Waals surface area contributed by atoms with Crippen molar-refractivity contribution in [3.8, 4) is 11.4 Å². The molecule has 0 aliphatic carbocycles. The Morgan fingerprint density at radius 2 is 2.16 bits per heavy atom. The molecule has 25 heavy (non-hydrogen) atoms. The van der Waals surface area contributed by atoms with Crippen LogP contribution in [0.1, 0.15) is 37.8 Å². The highest BCUT2D eigenvalue weighted by atomic mass is 19.3. The molecule has 0 radical (unpaired) electrons. The number of rotatable bonds is 5. The predicted molar refractivity (Wildman–Crippen MR) is 87.0 cm³/mol. The molecule has 1 amide bonds. The molecule has 2 aromatic rings. The van der Waals surface area contributed by atoms with Crippen molar-refractivity contribution in [1.29, 1.82) is 0 Å². The summed E-state index contributed by atoms with van der Waals surface area (Å²) in [5.74, 6) is -2.71. The number of amides is 1. The number of halogens is 2. The smallest absolute Gasteiger partial charge is 0.262 e. The van der Waals surface area contributed by atoms with Gasteiger partial charge in [0.25, 0.3) is 5.92 Å². The Morgan fingerprint density at radius 1 is 1.44 bits per heavy atom. The van der Waals surface area contributed by atoms with E-state index >= 15 is 0 Å². The maximum Gasteiger partial charge on any atom is 0.262 e. The zero-order chi connectivity index (χ0) is 18.0. The van der Waals surface area contributed by atoms with E-state index in [2.05, 4.69) is 27.7 Å². The third kappa shape index (κ3) is 4.01. The minimum absolute atomic E-state index is 0.229. The number of nitrogens with zero attached hydrogens (tertiary/aromatic N) is 2.